The van der Waals surface area contributed by atoms with Crippen LogP contribution in [0.3, 0.4) is 0 Å². The van der Waals surface area contributed by atoms with Gasteiger partial charge in [-0.3, -0.25) is 9.48 Å². The number of carbonyl (C=O) groups is 1. The number of nitrogens with zero attached hydrogens (tertiary/aromatic N) is 3. The number of anilines is 1. The number of rotatable bonds is 7. The number of para-hydroxylation sites is 1. The molecule has 1 N–H and O–H groups in total. The molecule has 32 heavy (non-hydrogen) atoms. The van der Waals surface area contributed by atoms with Crippen LogP contribution in [0.25, 0.3) is 0 Å². The number of ether oxygens (including phenoxy) is 1. The number of hydrogen-bond donors (Lipinski definition) is 1. The predicted molar refractivity (Wildman–Crippen MR) is 122 cm³/mol. The fourth-order valence-electron chi connectivity index (χ4n) is 3.38. The Bertz CT molecular complexity index is 1230. The van der Waals surface area contributed by atoms with Crippen LogP contribution in [0.1, 0.15) is 38.8 Å². The van der Waals surface area contributed by atoms with Crippen molar-refractivity contribution in [1.82, 2.24) is 14.9 Å². The lowest BCUT2D eigenvalue weighted by Crippen LogP contribution is -2.16. The maximum absolute atomic E-state index is 13.0. The fourth-order valence-corrected chi connectivity index (χ4v) is 3.50. The Morgan fingerprint density at radius 3 is 2.53 bits per heavy atom. The summed E-state index contributed by atoms with van der Waals surface area (Å²) < 4.78 is 12.9. The molecule has 2 aromatic heterocycles. The Hall–Kier alpha value is -3.58. The molecule has 2 aromatic carbocycles. The number of carbonyl (C=O) groups excluding carboxylic acids is 1. The number of benzene rings is 2. The fraction of sp³-hybridized carbons (Fsp3) is 0.208. The third-order valence-corrected chi connectivity index (χ3v) is 5.44. The van der Waals surface area contributed by atoms with Crippen LogP contribution in [0.5, 0.6) is 5.75 Å². The van der Waals surface area contributed by atoms with Gasteiger partial charge in [-0.25, -0.2) is 0 Å². The third-order valence-electron chi connectivity index (χ3n) is 5.19. The zero-order valence-corrected chi connectivity index (χ0v) is 18.8. The lowest BCUT2D eigenvalue weighted by molar-refractivity contribution is 0.101. The van der Waals surface area contributed by atoms with Crippen molar-refractivity contribution in [1.29, 1.82) is 0 Å². The summed E-state index contributed by atoms with van der Waals surface area (Å²) in [5, 5.41) is 12.2. The maximum atomic E-state index is 13.0. The smallest absolute Gasteiger partial charge is 0.278 e. The van der Waals surface area contributed by atoms with E-state index in [1.165, 1.54) is 0 Å². The summed E-state index contributed by atoms with van der Waals surface area (Å²) in [4.78, 5) is 13.0. The van der Waals surface area contributed by atoms with Crippen molar-refractivity contribution in [3.8, 4) is 5.75 Å². The van der Waals surface area contributed by atoms with Gasteiger partial charge in [0.15, 0.2) is 5.69 Å². The van der Waals surface area contributed by atoms with E-state index in [2.05, 4.69) is 15.6 Å². The first kappa shape index (κ1) is 21.6. The Morgan fingerprint density at radius 2 is 1.81 bits per heavy atom. The van der Waals surface area contributed by atoms with Gasteiger partial charge in [-0.15, -0.1) is 0 Å². The summed E-state index contributed by atoms with van der Waals surface area (Å²) in [7, 11) is 0. The van der Waals surface area contributed by atoms with E-state index in [1.807, 2.05) is 73.1 Å². The van der Waals surface area contributed by atoms with E-state index >= 15 is 0 Å². The summed E-state index contributed by atoms with van der Waals surface area (Å²) >= 11 is 5.97. The van der Waals surface area contributed by atoms with Crippen molar-refractivity contribution < 1.29 is 14.1 Å². The Balaban J connectivity index is 1.51. The average molecular weight is 451 g/mol. The summed E-state index contributed by atoms with van der Waals surface area (Å²) in [5.74, 6) is 0.873. The maximum Gasteiger partial charge on any atom is 0.278 e. The Morgan fingerprint density at radius 1 is 1.09 bits per heavy atom. The van der Waals surface area contributed by atoms with Crippen LogP contribution < -0.4 is 10.1 Å². The first-order chi connectivity index (χ1) is 15.4. The van der Waals surface area contributed by atoms with Crippen LogP contribution >= 0.6 is 11.6 Å². The minimum Gasteiger partial charge on any atom is -0.489 e. The molecule has 0 saturated heterocycles. The minimum absolute atomic E-state index is 0.176. The summed E-state index contributed by atoms with van der Waals surface area (Å²) in [6.07, 6.45) is 0. The normalized spacial score (nSPS) is 10.9. The van der Waals surface area contributed by atoms with Crippen molar-refractivity contribution >= 4 is 23.2 Å². The SMILES string of the molecule is Cc1nn(Cc2ccc(Cl)cc2)c(C)c1NC(=O)c1noc(C)c1COc1ccccc1. The third kappa shape index (κ3) is 4.68. The number of nitrogens with one attached hydrogen (secondary N) is 1. The molecule has 0 aliphatic carbocycles. The van der Waals surface area contributed by atoms with E-state index in [4.69, 9.17) is 20.9 Å². The standard InChI is InChI=1S/C24H23ClN4O3/c1-15-22(16(2)29(27-15)13-18-9-11-19(25)12-10-18)26-24(30)23-21(17(3)32-28-23)14-31-20-7-5-4-6-8-20/h4-12H,13-14H2,1-3H3,(H,26,30). The van der Waals surface area contributed by atoms with Gasteiger partial charge in [0.05, 0.1) is 29.2 Å². The second-order valence-corrected chi connectivity index (χ2v) is 7.89. The van der Waals surface area contributed by atoms with E-state index in [0.29, 0.717) is 40.0 Å². The molecular weight excluding hydrogens is 428 g/mol. The van der Waals surface area contributed by atoms with E-state index in [0.717, 1.165) is 11.3 Å². The van der Waals surface area contributed by atoms with E-state index in [-0.39, 0.29) is 18.2 Å². The molecule has 0 radical (unpaired) electrons. The molecule has 0 unspecified atom stereocenters. The zero-order chi connectivity index (χ0) is 22.7. The summed E-state index contributed by atoms with van der Waals surface area (Å²) in [6, 6.07) is 17.0. The van der Waals surface area contributed by atoms with Crippen LogP contribution in [-0.2, 0) is 13.2 Å². The largest absolute Gasteiger partial charge is 0.489 e. The molecule has 0 atom stereocenters. The molecule has 164 valence electrons. The van der Waals surface area contributed by atoms with Crippen molar-refractivity contribution in [2.45, 2.75) is 33.9 Å². The van der Waals surface area contributed by atoms with Gasteiger partial charge in [-0.05, 0) is 50.6 Å². The second kappa shape index (κ2) is 9.28. The van der Waals surface area contributed by atoms with Crippen LogP contribution in [0.4, 0.5) is 5.69 Å². The van der Waals surface area contributed by atoms with E-state index in [9.17, 15) is 4.79 Å². The molecule has 0 spiro atoms. The molecule has 4 rings (SSSR count). The van der Waals surface area contributed by atoms with Gasteiger partial charge < -0.3 is 14.6 Å². The Labute approximate surface area is 190 Å². The van der Waals surface area contributed by atoms with Crippen molar-refractivity contribution in [3.05, 3.63) is 93.6 Å². The lowest BCUT2D eigenvalue weighted by atomic mass is 10.2. The molecule has 0 saturated carbocycles. The molecular formula is C24H23ClN4O3. The van der Waals surface area contributed by atoms with Crippen molar-refractivity contribution in [3.63, 3.8) is 0 Å². The monoisotopic (exact) mass is 450 g/mol. The highest BCUT2D eigenvalue weighted by molar-refractivity contribution is 6.30. The van der Waals surface area contributed by atoms with Gasteiger partial charge in [0.1, 0.15) is 18.1 Å². The quantitative estimate of drug-likeness (QED) is 0.411. The van der Waals surface area contributed by atoms with Crippen LogP contribution in [0.15, 0.2) is 59.1 Å². The number of halogens is 1. The number of aromatic nitrogens is 3. The molecule has 0 aliphatic heterocycles. The molecule has 4 aromatic rings. The number of hydrogen-bond acceptors (Lipinski definition) is 5. The topological polar surface area (TPSA) is 82.2 Å². The Kier molecular flexibility index (Phi) is 6.28. The van der Waals surface area contributed by atoms with Gasteiger partial charge in [0.2, 0.25) is 0 Å². The highest BCUT2D eigenvalue weighted by Crippen LogP contribution is 2.24. The number of amides is 1. The molecule has 0 aliphatic rings. The van der Waals surface area contributed by atoms with E-state index in [1.54, 1.807) is 6.92 Å². The molecule has 2 heterocycles. The van der Waals surface area contributed by atoms with Crippen LogP contribution in [-0.4, -0.2) is 20.8 Å². The summed E-state index contributed by atoms with van der Waals surface area (Å²) in [5.41, 5.74) is 4.07. The average Bonchev–Trinajstić information content (AvgIpc) is 3.28. The predicted octanol–water partition coefficient (Wildman–Crippen LogP) is 5.33. The minimum atomic E-state index is -0.370. The van der Waals surface area contributed by atoms with Gasteiger partial charge >= 0.3 is 0 Å². The zero-order valence-electron chi connectivity index (χ0n) is 18.1. The van der Waals surface area contributed by atoms with Gasteiger partial charge in [0, 0.05) is 5.02 Å². The summed E-state index contributed by atoms with van der Waals surface area (Å²) in [6.45, 7) is 6.27. The molecule has 7 nitrogen and oxygen atoms in total. The molecule has 0 bridgehead atoms. The highest BCUT2D eigenvalue weighted by Gasteiger charge is 2.23. The first-order valence-electron chi connectivity index (χ1n) is 10.1. The number of aryl methyl sites for hydroxylation is 2. The van der Waals surface area contributed by atoms with Crippen LogP contribution in [0.2, 0.25) is 5.02 Å². The molecule has 1 amide bonds. The van der Waals surface area contributed by atoms with Crippen molar-refractivity contribution in [2.75, 3.05) is 5.32 Å². The highest BCUT2D eigenvalue weighted by atomic mass is 35.5. The van der Waals surface area contributed by atoms with Crippen molar-refractivity contribution in [2.24, 2.45) is 0 Å². The van der Waals surface area contributed by atoms with Gasteiger partial charge in [0.25, 0.3) is 5.91 Å². The second-order valence-electron chi connectivity index (χ2n) is 7.45. The van der Waals surface area contributed by atoms with Gasteiger partial charge in [-0.1, -0.05) is 47.1 Å². The van der Waals surface area contributed by atoms with E-state index < -0.39 is 0 Å². The molecule has 8 heteroatoms. The lowest BCUT2D eigenvalue weighted by Gasteiger charge is -2.08. The first-order valence-corrected chi connectivity index (χ1v) is 10.5. The van der Waals surface area contributed by atoms with Crippen LogP contribution in [0, 0.1) is 20.8 Å². The van der Waals surface area contributed by atoms with Gasteiger partial charge in [-0.2, -0.15) is 5.10 Å². The molecule has 0 fully saturated rings.